The van der Waals surface area contributed by atoms with Crippen LogP contribution in [0.25, 0.3) is 0 Å². The molecule has 2 aliphatic heterocycles. The number of hydroxylamine groups is 4. The molecule has 1 N–H and O–H groups in total. The summed E-state index contributed by atoms with van der Waals surface area (Å²) in [6.07, 6.45) is 9.20. The van der Waals surface area contributed by atoms with E-state index >= 15 is 0 Å². The summed E-state index contributed by atoms with van der Waals surface area (Å²) in [5.41, 5.74) is -1.28. The van der Waals surface area contributed by atoms with Gasteiger partial charge in [0.25, 0.3) is 0 Å². The van der Waals surface area contributed by atoms with E-state index in [4.69, 9.17) is 14.3 Å². The summed E-state index contributed by atoms with van der Waals surface area (Å²) in [5.74, 6) is -0.250. The normalized spacial score (nSPS) is 23.6. The number of rotatable bonds is 13. The van der Waals surface area contributed by atoms with Gasteiger partial charge in [0.2, 0.25) is 0 Å². The van der Waals surface area contributed by atoms with Gasteiger partial charge in [-0.05, 0) is 82.1 Å². The van der Waals surface area contributed by atoms with E-state index in [1.54, 1.807) is 0 Å². The molecule has 2 saturated heterocycles. The molecule has 8 nitrogen and oxygen atoms in total. The van der Waals surface area contributed by atoms with Gasteiger partial charge in [0.05, 0.1) is 6.10 Å². The van der Waals surface area contributed by atoms with Gasteiger partial charge in [-0.1, -0.05) is 25.7 Å². The summed E-state index contributed by atoms with van der Waals surface area (Å²) in [6, 6.07) is 0. The third kappa shape index (κ3) is 10.3. The zero-order valence-electron chi connectivity index (χ0n) is 26.6. The summed E-state index contributed by atoms with van der Waals surface area (Å²) in [5, 5.41) is 13.9. The Morgan fingerprint density at radius 1 is 0.667 bits per heavy atom. The van der Waals surface area contributed by atoms with Crippen LogP contribution in [0.1, 0.15) is 146 Å². The molecule has 8 heteroatoms. The molecule has 228 valence electrons. The highest BCUT2D eigenvalue weighted by Gasteiger charge is 2.48. The summed E-state index contributed by atoms with van der Waals surface area (Å²) in [6.45, 7) is 20.6. The third-order valence-electron chi connectivity index (χ3n) is 8.08. The van der Waals surface area contributed by atoms with Gasteiger partial charge in [-0.15, -0.1) is 0 Å². The number of ether oxygens (including phenoxy) is 2. The molecule has 0 spiro atoms. The van der Waals surface area contributed by atoms with Crippen molar-refractivity contribution >= 4 is 11.9 Å². The summed E-state index contributed by atoms with van der Waals surface area (Å²) < 4.78 is 11.6. The maximum Gasteiger partial charge on any atom is 0.306 e. The highest BCUT2D eigenvalue weighted by molar-refractivity contribution is 5.69. The molecule has 0 unspecified atom stereocenters. The van der Waals surface area contributed by atoms with E-state index in [2.05, 4.69) is 32.8 Å². The van der Waals surface area contributed by atoms with Crippen molar-refractivity contribution in [1.82, 2.24) is 10.1 Å². The van der Waals surface area contributed by atoms with Gasteiger partial charge in [0, 0.05) is 60.7 Å². The van der Waals surface area contributed by atoms with Crippen molar-refractivity contribution in [3.05, 3.63) is 0 Å². The second kappa shape index (κ2) is 13.6. The second-order valence-corrected chi connectivity index (χ2v) is 14.7. The molecular weight excluding hydrogens is 496 g/mol. The molecule has 0 aliphatic carbocycles. The van der Waals surface area contributed by atoms with E-state index in [1.165, 1.54) is 5.06 Å². The van der Waals surface area contributed by atoms with E-state index in [1.807, 2.05) is 41.5 Å². The lowest BCUT2D eigenvalue weighted by Gasteiger charge is -2.53. The molecule has 0 atom stereocenters. The minimum Gasteiger partial charge on any atom is -0.462 e. The van der Waals surface area contributed by atoms with Crippen LogP contribution in [0.5, 0.6) is 0 Å². The molecule has 2 heterocycles. The quantitative estimate of drug-likeness (QED) is 0.193. The molecule has 39 heavy (non-hydrogen) atoms. The smallest absolute Gasteiger partial charge is 0.306 e. The summed E-state index contributed by atoms with van der Waals surface area (Å²) >= 11 is 0. The fourth-order valence-electron chi connectivity index (χ4n) is 6.75. The van der Waals surface area contributed by atoms with Crippen LogP contribution in [0.2, 0.25) is 0 Å². The van der Waals surface area contributed by atoms with Crippen molar-refractivity contribution in [2.24, 2.45) is 0 Å². The van der Waals surface area contributed by atoms with E-state index in [-0.39, 0.29) is 41.3 Å². The Balaban J connectivity index is 1.58. The number of hydrogen-bond acceptors (Lipinski definition) is 8. The number of carbonyl (C=O) groups excluding carboxylic acids is 2. The van der Waals surface area contributed by atoms with Gasteiger partial charge in [0.1, 0.15) is 12.2 Å². The lowest BCUT2D eigenvalue weighted by Crippen LogP contribution is -2.62. The molecule has 2 rings (SSSR count). The first-order chi connectivity index (χ1) is 17.9. The minimum atomic E-state index is -0.424. The topological polar surface area (TPSA) is 88.5 Å². The van der Waals surface area contributed by atoms with Crippen LogP contribution in [0.3, 0.4) is 0 Å². The fourth-order valence-corrected chi connectivity index (χ4v) is 6.75. The Bertz CT molecular complexity index is 771. The maximum atomic E-state index is 12.5. The summed E-state index contributed by atoms with van der Waals surface area (Å²) in [4.78, 5) is 31.0. The Kier molecular flexibility index (Phi) is 11.9. The first kappa shape index (κ1) is 34.0. The Morgan fingerprint density at radius 2 is 1.00 bits per heavy atom. The van der Waals surface area contributed by atoms with Crippen molar-refractivity contribution in [3.63, 3.8) is 0 Å². The molecule has 0 aromatic rings. The molecule has 0 bridgehead atoms. The SMILES string of the molecule is CC(C)ON1C(C)(C)CC(OC(=O)CCCCCCCCC(=O)OC2CC(C)(C)N(O)C(C)(C)C2)CC1(C)C. The summed E-state index contributed by atoms with van der Waals surface area (Å²) in [7, 11) is 0. The van der Waals surface area contributed by atoms with Crippen LogP contribution in [0.15, 0.2) is 0 Å². The van der Waals surface area contributed by atoms with Crippen molar-refractivity contribution in [2.45, 2.75) is 187 Å². The number of unbranched alkanes of at least 4 members (excludes halogenated alkanes) is 5. The van der Waals surface area contributed by atoms with E-state index < -0.39 is 11.1 Å². The standard InChI is InChI=1S/C31H58N2O6/c1-23(2)39-33-30(7,8)21-25(22-31(33,9)10)38-27(35)18-16-14-12-11-13-15-17-26(34)37-24-19-28(3,4)32(36)29(5,6)20-24/h23-25,36H,11-22H2,1-10H3. The van der Waals surface area contributed by atoms with Gasteiger partial charge in [0.15, 0.2) is 0 Å². The number of hydrogen-bond donors (Lipinski definition) is 1. The molecule has 0 saturated carbocycles. The third-order valence-corrected chi connectivity index (χ3v) is 8.08. The monoisotopic (exact) mass is 554 g/mol. The highest BCUT2D eigenvalue weighted by Crippen LogP contribution is 2.41. The van der Waals surface area contributed by atoms with E-state index in [0.717, 1.165) is 51.4 Å². The zero-order valence-corrected chi connectivity index (χ0v) is 26.6. The van der Waals surface area contributed by atoms with Gasteiger partial charge < -0.3 is 14.7 Å². The minimum absolute atomic E-state index is 0.0948. The lowest BCUT2D eigenvalue weighted by atomic mass is 9.80. The number of nitrogens with zero attached hydrogens (tertiary/aromatic N) is 2. The van der Waals surface area contributed by atoms with Crippen molar-refractivity contribution in [1.29, 1.82) is 0 Å². The average Bonchev–Trinajstić information content (AvgIpc) is 2.75. The van der Waals surface area contributed by atoms with Gasteiger partial charge >= 0.3 is 11.9 Å². The van der Waals surface area contributed by atoms with E-state index in [9.17, 15) is 14.8 Å². The Hall–Kier alpha value is -1.22. The zero-order chi connectivity index (χ0) is 29.6. The van der Waals surface area contributed by atoms with E-state index in [0.29, 0.717) is 25.7 Å². The molecule has 0 amide bonds. The first-order valence-corrected chi connectivity index (χ1v) is 15.2. The molecule has 0 aromatic carbocycles. The van der Waals surface area contributed by atoms with Crippen molar-refractivity contribution in [3.8, 4) is 0 Å². The largest absolute Gasteiger partial charge is 0.462 e. The van der Waals surface area contributed by atoms with Crippen molar-refractivity contribution in [2.75, 3.05) is 0 Å². The van der Waals surface area contributed by atoms with Crippen LogP contribution in [0.4, 0.5) is 0 Å². The Labute approximate surface area is 238 Å². The number of piperidine rings is 2. The molecule has 0 aromatic heterocycles. The van der Waals surface area contributed by atoms with Crippen molar-refractivity contribution < 1.29 is 29.1 Å². The van der Waals surface area contributed by atoms with Crippen LogP contribution < -0.4 is 0 Å². The molecular formula is C31H58N2O6. The predicted molar refractivity (Wildman–Crippen MR) is 153 cm³/mol. The predicted octanol–water partition coefficient (Wildman–Crippen LogP) is 6.97. The van der Waals surface area contributed by atoms with Gasteiger partial charge in [-0.3, -0.25) is 14.4 Å². The average molecular weight is 555 g/mol. The Morgan fingerprint density at radius 3 is 1.36 bits per heavy atom. The lowest BCUT2D eigenvalue weighted by molar-refractivity contribution is -0.309. The van der Waals surface area contributed by atoms with Crippen LogP contribution in [-0.4, -0.2) is 67.7 Å². The highest BCUT2D eigenvalue weighted by atomic mass is 16.7. The van der Waals surface area contributed by atoms with Crippen LogP contribution in [0, 0.1) is 0 Å². The van der Waals surface area contributed by atoms with Gasteiger partial charge in [-0.2, -0.15) is 10.1 Å². The fraction of sp³-hybridized carbons (Fsp3) is 0.935. The molecule has 2 aliphatic rings. The van der Waals surface area contributed by atoms with Crippen LogP contribution in [-0.2, 0) is 23.9 Å². The van der Waals surface area contributed by atoms with Gasteiger partial charge in [-0.25, -0.2) is 0 Å². The first-order valence-electron chi connectivity index (χ1n) is 15.2. The number of carbonyl (C=O) groups is 2. The molecule has 2 fully saturated rings. The second-order valence-electron chi connectivity index (χ2n) is 14.7. The maximum absolute atomic E-state index is 12.5. The molecule has 0 radical (unpaired) electrons. The van der Waals surface area contributed by atoms with Crippen LogP contribution >= 0.6 is 0 Å². The number of esters is 2.